The Kier molecular flexibility index (Phi) is 7.98. The van der Waals surface area contributed by atoms with E-state index in [4.69, 9.17) is 10.6 Å². The summed E-state index contributed by atoms with van der Waals surface area (Å²) in [6.07, 6.45) is 0.971. The number of hydrazine groups is 1. The molecule has 1 aromatic heterocycles. The molecule has 1 saturated heterocycles. The van der Waals surface area contributed by atoms with Gasteiger partial charge in [0.05, 0.1) is 11.9 Å². The zero-order chi connectivity index (χ0) is 30.6. The molecule has 45 heavy (non-hydrogen) atoms. The third-order valence-electron chi connectivity index (χ3n) is 8.31. The topological polar surface area (TPSA) is 82.7 Å². The number of nitrogens with zero attached hydrogens (tertiary/aromatic N) is 5. The van der Waals surface area contributed by atoms with Crippen LogP contribution in [0.2, 0.25) is 0 Å². The smallest absolute Gasteiger partial charge is 0.184 e. The summed E-state index contributed by atoms with van der Waals surface area (Å²) in [4.78, 5) is 0. The number of hydrogen-bond acceptors (Lipinski definition) is 6. The van der Waals surface area contributed by atoms with E-state index >= 15 is 0 Å². The lowest BCUT2D eigenvalue weighted by atomic mass is 9.77. The van der Waals surface area contributed by atoms with Crippen LogP contribution in [0.1, 0.15) is 35.6 Å². The number of amidine groups is 1. The van der Waals surface area contributed by atoms with Crippen LogP contribution in [0.3, 0.4) is 0 Å². The van der Waals surface area contributed by atoms with Gasteiger partial charge in [0.15, 0.2) is 11.0 Å². The molecule has 7 nitrogen and oxygen atoms in total. The zero-order valence-electron chi connectivity index (χ0n) is 24.9. The first-order chi connectivity index (χ1) is 22.2. The van der Waals surface area contributed by atoms with E-state index in [-0.39, 0.29) is 5.37 Å². The minimum atomic E-state index is -0.832. The normalized spacial score (nSPS) is 15.0. The predicted octanol–water partition coefficient (Wildman–Crippen LogP) is 7.57. The second-order valence-electron chi connectivity index (χ2n) is 11.0. The number of nitrogens with one attached hydrogen (secondary N) is 2. The second kappa shape index (κ2) is 12.5. The summed E-state index contributed by atoms with van der Waals surface area (Å²) in [6, 6.07) is 48.2. The molecule has 0 radical (unpaired) electrons. The van der Waals surface area contributed by atoms with Gasteiger partial charge in [-0.1, -0.05) is 158 Å². The van der Waals surface area contributed by atoms with Gasteiger partial charge in [-0.05, 0) is 50.2 Å². The SMILES string of the molecule is CCC1NN(Cc2ccc(-c3ccccc3-c3nnnn3C(c3ccccc3)(c3ccccc3)c3ccccc3)cc2)C(=N)S1. The van der Waals surface area contributed by atoms with Gasteiger partial charge >= 0.3 is 0 Å². The summed E-state index contributed by atoms with van der Waals surface area (Å²) >= 11 is 1.57. The van der Waals surface area contributed by atoms with Gasteiger partial charge in [0, 0.05) is 5.56 Å². The maximum atomic E-state index is 8.34. The third kappa shape index (κ3) is 5.32. The van der Waals surface area contributed by atoms with Gasteiger partial charge in [0.25, 0.3) is 0 Å². The van der Waals surface area contributed by atoms with Crippen molar-refractivity contribution < 1.29 is 0 Å². The van der Waals surface area contributed by atoms with Crippen molar-refractivity contribution >= 4 is 16.9 Å². The van der Waals surface area contributed by atoms with E-state index in [0.717, 1.165) is 45.4 Å². The van der Waals surface area contributed by atoms with Gasteiger partial charge in [-0.15, -0.1) is 5.10 Å². The molecule has 222 valence electrons. The standard InChI is InChI=1S/C37H33N7S/c1-2-34-40-43(36(38)45-34)26-27-22-24-28(25-23-27)32-20-12-13-21-33(32)35-39-41-42-44(35)37(29-14-6-3-7-15-29,30-16-8-4-9-17-30)31-18-10-5-11-19-31/h3-25,34,38,40H,2,26H2,1H3. The molecule has 0 aliphatic carbocycles. The van der Waals surface area contributed by atoms with Crippen LogP contribution < -0.4 is 5.43 Å². The van der Waals surface area contributed by atoms with Crippen LogP contribution in [0.4, 0.5) is 0 Å². The van der Waals surface area contributed by atoms with E-state index in [1.54, 1.807) is 11.8 Å². The molecule has 0 bridgehead atoms. The van der Waals surface area contributed by atoms with Gasteiger partial charge in [-0.3, -0.25) is 10.4 Å². The van der Waals surface area contributed by atoms with Crippen LogP contribution in [0.25, 0.3) is 22.5 Å². The minimum Gasteiger partial charge on any atom is -0.282 e. The fourth-order valence-electron chi connectivity index (χ4n) is 6.14. The first-order valence-electron chi connectivity index (χ1n) is 15.1. The van der Waals surface area contributed by atoms with Crippen molar-refractivity contribution in [3.63, 3.8) is 0 Å². The largest absolute Gasteiger partial charge is 0.282 e. The number of rotatable bonds is 9. The highest BCUT2D eigenvalue weighted by Gasteiger charge is 2.42. The van der Waals surface area contributed by atoms with Gasteiger partial charge in [-0.25, -0.2) is 10.1 Å². The van der Waals surface area contributed by atoms with E-state index in [2.05, 4.69) is 138 Å². The van der Waals surface area contributed by atoms with E-state index in [1.807, 2.05) is 34.0 Å². The van der Waals surface area contributed by atoms with E-state index in [9.17, 15) is 0 Å². The van der Waals surface area contributed by atoms with Gasteiger partial charge in [0.2, 0.25) is 0 Å². The van der Waals surface area contributed by atoms with Crippen molar-refractivity contribution in [2.45, 2.75) is 30.8 Å². The van der Waals surface area contributed by atoms with Crippen molar-refractivity contribution in [1.82, 2.24) is 30.6 Å². The Morgan fingerprint density at radius 2 is 1.24 bits per heavy atom. The molecular weight excluding hydrogens is 575 g/mol. The molecule has 5 aromatic carbocycles. The van der Waals surface area contributed by atoms with Gasteiger partial charge in [0.1, 0.15) is 5.54 Å². The molecule has 0 saturated carbocycles. The molecule has 1 unspecified atom stereocenters. The molecule has 0 amide bonds. The molecular formula is C37H33N7S. The Morgan fingerprint density at radius 3 is 1.78 bits per heavy atom. The predicted molar refractivity (Wildman–Crippen MR) is 181 cm³/mol. The lowest BCUT2D eigenvalue weighted by molar-refractivity contribution is 0.304. The fraction of sp³-hybridized carbons (Fsp3) is 0.135. The lowest BCUT2D eigenvalue weighted by Crippen LogP contribution is -2.39. The molecule has 1 fully saturated rings. The monoisotopic (exact) mass is 607 g/mol. The molecule has 7 rings (SSSR count). The number of tetrazole rings is 1. The third-order valence-corrected chi connectivity index (χ3v) is 9.47. The Hall–Kier alpha value is -5.05. The van der Waals surface area contributed by atoms with E-state index in [0.29, 0.717) is 17.5 Å². The first-order valence-corrected chi connectivity index (χ1v) is 16.0. The Morgan fingerprint density at radius 1 is 0.711 bits per heavy atom. The Labute approximate surface area is 267 Å². The molecule has 8 heteroatoms. The first kappa shape index (κ1) is 28.7. The number of hydrogen-bond donors (Lipinski definition) is 2. The number of aromatic nitrogens is 4. The maximum absolute atomic E-state index is 8.34. The van der Waals surface area contributed by atoms with Crippen LogP contribution in [-0.4, -0.2) is 35.8 Å². The maximum Gasteiger partial charge on any atom is 0.184 e. The van der Waals surface area contributed by atoms with Crippen molar-refractivity contribution in [2.24, 2.45) is 0 Å². The van der Waals surface area contributed by atoms with Crippen LogP contribution in [0.15, 0.2) is 140 Å². The molecule has 6 aromatic rings. The average Bonchev–Trinajstić information content (AvgIpc) is 3.74. The molecule has 2 heterocycles. The fourth-order valence-corrected chi connectivity index (χ4v) is 7.00. The van der Waals surface area contributed by atoms with E-state index in [1.165, 1.54) is 0 Å². The van der Waals surface area contributed by atoms with Crippen LogP contribution in [0.5, 0.6) is 0 Å². The van der Waals surface area contributed by atoms with Crippen molar-refractivity contribution in [3.8, 4) is 22.5 Å². The Bertz CT molecular complexity index is 1790. The summed E-state index contributed by atoms with van der Waals surface area (Å²) in [5.41, 5.74) is 9.94. The average molecular weight is 608 g/mol. The van der Waals surface area contributed by atoms with E-state index < -0.39 is 5.54 Å². The van der Waals surface area contributed by atoms with Crippen molar-refractivity contribution in [1.29, 1.82) is 5.41 Å². The summed E-state index contributed by atoms with van der Waals surface area (Å²) in [7, 11) is 0. The Balaban J connectivity index is 1.35. The molecule has 1 atom stereocenters. The molecule has 1 aliphatic heterocycles. The molecule has 2 N–H and O–H groups in total. The van der Waals surface area contributed by atoms with Crippen LogP contribution in [0, 0.1) is 5.41 Å². The highest BCUT2D eigenvalue weighted by Crippen LogP contribution is 2.43. The molecule has 1 aliphatic rings. The number of thioether (sulfide) groups is 1. The quantitative estimate of drug-likeness (QED) is 0.165. The van der Waals surface area contributed by atoms with Crippen molar-refractivity contribution in [2.75, 3.05) is 0 Å². The summed E-state index contributed by atoms with van der Waals surface area (Å²) in [5, 5.41) is 24.8. The number of benzene rings is 5. The minimum absolute atomic E-state index is 0.254. The highest BCUT2D eigenvalue weighted by atomic mass is 32.2. The summed E-state index contributed by atoms with van der Waals surface area (Å²) in [6.45, 7) is 2.77. The highest BCUT2D eigenvalue weighted by molar-refractivity contribution is 8.14. The summed E-state index contributed by atoms with van der Waals surface area (Å²) < 4.78 is 1.98. The zero-order valence-corrected chi connectivity index (χ0v) is 25.7. The summed E-state index contributed by atoms with van der Waals surface area (Å²) in [5.74, 6) is 0.670. The van der Waals surface area contributed by atoms with Gasteiger partial charge < -0.3 is 0 Å². The van der Waals surface area contributed by atoms with Gasteiger partial charge in [-0.2, -0.15) is 0 Å². The second-order valence-corrected chi connectivity index (χ2v) is 12.2. The van der Waals surface area contributed by atoms with Crippen LogP contribution >= 0.6 is 11.8 Å². The molecule has 0 spiro atoms. The van der Waals surface area contributed by atoms with Crippen LogP contribution in [-0.2, 0) is 12.1 Å². The van der Waals surface area contributed by atoms with Crippen molar-refractivity contribution in [3.05, 3.63) is 162 Å². The lowest BCUT2D eigenvalue weighted by Gasteiger charge is -2.36.